The third-order valence-corrected chi connectivity index (χ3v) is 3.59. The van der Waals surface area contributed by atoms with Gasteiger partial charge in [0.15, 0.2) is 11.5 Å². The number of ketones is 1. The molecule has 0 spiro atoms. The monoisotopic (exact) mass is 304 g/mol. The molecule has 0 aliphatic heterocycles. The molecule has 0 radical (unpaired) electrons. The molecule has 0 fully saturated rings. The highest BCUT2D eigenvalue weighted by atomic mass is 35.5. The van der Waals surface area contributed by atoms with Crippen LogP contribution in [0.5, 0.6) is 11.5 Å². The van der Waals surface area contributed by atoms with Crippen molar-refractivity contribution in [2.24, 2.45) is 0 Å². The lowest BCUT2D eigenvalue weighted by atomic mass is 10.0. The van der Waals surface area contributed by atoms with E-state index in [9.17, 15) is 4.79 Å². The van der Waals surface area contributed by atoms with Crippen LogP contribution in [0.25, 0.3) is 0 Å². The number of carbonyl (C=O) groups excluding carboxylic acids is 1. The summed E-state index contributed by atoms with van der Waals surface area (Å²) < 4.78 is 10.4. The number of rotatable bonds is 5. The Morgan fingerprint density at radius 3 is 2.52 bits per heavy atom. The number of Topliss-reactive ketones (excluding diaryl/α,β-unsaturated/α-hetero) is 1. The molecule has 0 aliphatic carbocycles. The summed E-state index contributed by atoms with van der Waals surface area (Å²) in [7, 11) is 3.01. The lowest BCUT2D eigenvalue weighted by Crippen LogP contribution is -2.07. The van der Waals surface area contributed by atoms with Gasteiger partial charge in [0.2, 0.25) is 0 Å². The fourth-order valence-corrected chi connectivity index (χ4v) is 2.54. The van der Waals surface area contributed by atoms with Crippen LogP contribution in [0.4, 0.5) is 0 Å². The first-order valence-corrected chi connectivity index (χ1v) is 6.93. The van der Waals surface area contributed by atoms with E-state index in [2.05, 4.69) is 0 Å². The molecule has 0 unspecified atom stereocenters. The summed E-state index contributed by atoms with van der Waals surface area (Å²) in [5.41, 5.74) is 2.55. The molecule has 0 saturated carbocycles. The smallest absolute Gasteiger partial charge is 0.171 e. The van der Waals surface area contributed by atoms with Crippen molar-refractivity contribution in [3.05, 3.63) is 58.1 Å². The van der Waals surface area contributed by atoms with Crippen molar-refractivity contribution in [2.45, 2.75) is 13.3 Å². The van der Waals surface area contributed by atoms with Crippen LogP contribution in [0.2, 0.25) is 5.02 Å². The van der Waals surface area contributed by atoms with Crippen LogP contribution in [0.1, 0.15) is 21.5 Å². The number of hydrogen-bond acceptors (Lipinski definition) is 3. The fraction of sp³-hybridized carbons (Fsp3) is 0.235. The van der Waals surface area contributed by atoms with E-state index in [1.54, 1.807) is 12.1 Å². The summed E-state index contributed by atoms with van der Waals surface area (Å²) in [4.78, 5) is 12.5. The summed E-state index contributed by atoms with van der Waals surface area (Å²) in [5, 5.41) is 0.315. The Bertz CT molecular complexity index is 665. The summed E-state index contributed by atoms with van der Waals surface area (Å²) >= 11 is 6.18. The summed E-state index contributed by atoms with van der Waals surface area (Å²) in [6, 6.07) is 11.2. The second kappa shape index (κ2) is 6.64. The standard InChI is InChI=1S/C17H17ClO3/c1-11-5-4-6-12(9-11)10-14(19)13-7-8-15(20-2)16(18)17(13)21-3/h4-9H,10H2,1-3H3. The fourth-order valence-electron chi connectivity index (χ4n) is 2.22. The minimum Gasteiger partial charge on any atom is -0.495 e. The zero-order chi connectivity index (χ0) is 15.4. The van der Waals surface area contributed by atoms with Gasteiger partial charge in [0.1, 0.15) is 10.8 Å². The van der Waals surface area contributed by atoms with Crippen molar-refractivity contribution in [3.63, 3.8) is 0 Å². The second-order valence-corrected chi connectivity index (χ2v) is 5.13. The van der Waals surface area contributed by atoms with Crippen LogP contribution in [0.15, 0.2) is 36.4 Å². The summed E-state index contributed by atoms with van der Waals surface area (Å²) in [5.74, 6) is 0.802. The molecule has 110 valence electrons. The van der Waals surface area contributed by atoms with Crippen molar-refractivity contribution in [2.75, 3.05) is 14.2 Å². The number of benzene rings is 2. The summed E-state index contributed by atoms with van der Waals surface area (Å²) in [6.07, 6.45) is 0.306. The SMILES string of the molecule is COc1ccc(C(=O)Cc2cccc(C)c2)c(OC)c1Cl. The maximum atomic E-state index is 12.5. The van der Waals surface area contributed by atoms with Gasteiger partial charge in [-0.3, -0.25) is 4.79 Å². The molecule has 4 heteroatoms. The molecule has 0 aliphatic rings. The predicted molar refractivity (Wildman–Crippen MR) is 83.8 cm³/mol. The lowest BCUT2D eigenvalue weighted by Gasteiger charge is -2.12. The average molecular weight is 305 g/mol. The molecule has 0 N–H and O–H groups in total. The molecule has 0 bridgehead atoms. The Kier molecular flexibility index (Phi) is 4.86. The molecule has 0 atom stereocenters. The first-order valence-electron chi connectivity index (χ1n) is 6.56. The number of methoxy groups -OCH3 is 2. The Morgan fingerprint density at radius 2 is 1.90 bits per heavy atom. The van der Waals surface area contributed by atoms with Gasteiger partial charge in [-0.1, -0.05) is 41.4 Å². The number of halogens is 1. The van der Waals surface area contributed by atoms with Crippen molar-refractivity contribution < 1.29 is 14.3 Å². The second-order valence-electron chi connectivity index (χ2n) is 4.75. The number of ether oxygens (including phenoxy) is 2. The molecule has 0 amide bonds. The van der Waals surface area contributed by atoms with Gasteiger partial charge >= 0.3 is 0 Å². The Hall–Kier alpha value is -2.00. The van der Waals surface area contributed by atoms with E-state index in [0.717, 1.165) is 11.1 Å². The topological polar surface area (TPSA) is 35.5 Å². The van der Waals surface area contributed by atoms with Gasteiger partial charge in [0, 0.05) is 6.42 Å². The van der Waals surface area contributed by atoms with E-state index in [-0.39, 0.29) is 5.78 Å². The Labute approximate surface area is 129 Å². The third kappa shape index (κ3) is 3.37. The molecule has 2 aromatic carbocycles. The predicted octanol–water partition coefficient (Wildman–Crippen LogP) is 4.09. The first-order chi connectivity index (χ1) is 10.1. The quantitative estimate of drug-likeness (QED) is 0.780. The molecule has 21 heavy (non-hydrogen) atoms. The van der Waals surface area contributed by atoms with E-state index in [0.29, 0.717) is 28.5 Å². The Balaban J connectivity index is 2.33. The van der Waals surface area contributed by atoms with Crippen molar-refractivity contribution in [3.8, 4) is 11.5 Å². The molecule has 2 rings (SSSR count). The molecule has 0 aromatic heterocycles. The molecular weight excluding hydrogens is 288 g/mol. The van der Waals surface area contributed by atoms with Crippen LogP contribution < -0.4 is 9.47 Å². The van der Waals surface area contributed by atoms with Gasteiger partial charge < -0.3 is 9.47 Å². The lowest BCUT2D eigenvalue weighted by molar-refractivity contribution is 0.0990. The number of hydrogen-bond donors (Lipinski definition) is 0. The van der Waals surface area contributed by atoms with E-state index >= 15 is 0 Å². The zero-order valence-corrected chi connectivity index (χ0v) is 13.0. The maximum Gasteiger partial charge on any atom is 0.171 e. The van der Waals surface area contributed by atoms with Crippen LogP contribution >= 0.6 is 11.6 Å². The molecule has 0 heterocycles. The van der Waals surface area contributed by atoms with Crippen molar-refractivity contribution in [1.29, 1.82) is 0 Å². The van der Waals surface area contributed by atoms with E-state index < -0.39 is 0 Å². The summed E-state index contributed by atoms with van der Waals surface area (Å²) in [6.45, 7) is 2.00. The van der Waals surface area contributed by atoms with Crippen LogP contribution in [0.3, 0.4) is 0 Å². The third-order valence-electron chi connectivity index (χ3n) is 3.23. The molecule has 3 nitrogen and oxygen atoms in total. The normalized spacial score (nSPS) is 10.3. The zero-order valence-electron chi connectivity index (χ0n) is 12.3. The number of aryl methyl sites for hydroxylation is 1. The highest BCUT2D eigenvalue weighted by Crippen LogP contribution is 2.37. The van der Waals surface area contributed by atoms with Crippen LogP contribution in [-0.2, 0) is 6.42 Å². The van der Waals surface area contributed by atoms with E-state index in [1.807, 2.05) is 31.2 Å². The Morgan fingerprint density at radius 1 is 1.14 bits per heavy atom. The van der Waals surface area contributed by atoms with E-state index in [4.69, 9.17) is 21.1 Å². The highest BCUT2D eigenvalue weighted by Gasteiger charge is 2.18. The van der Waals surface area contributed by atoms with Crippen molar-refractivity contribution >= 4 is 17.4 Å². The molecule has 0 saturated heterocycles. The molecular formula is C17H17ClO3. The van der Waals surface area contributed by atoms with Crippen molar-refractivity contribution in [1.82, 2.24) is 0 Å². The van der Waals surface area contributed by atoms with E-state index in [1.165, 1.54) is 14.2 Å². The van der Waals surface area contributed by atoms with Crippen LogP contribution in [0, 0.1) is 6.92 Å². The molecule has 2 aromatic rings. The minimum atomic E-state index is -0.0398. The van der Waals surface area contributed by atoms with Gasteiger partial charge in [-0.05, 0) is 24.6 Å². The van der Waals surface area contributed by atoms with Gasteiger partial charge in [-0.15, -0.1) is 0 Å². The largest absolute Gasteiger partial charge is 0.495 e. The van der Waals surface area contributed by atoms with Crippen LogP contribution in [-0.4, -0.2) is 20.0 Å². The highest BCUT2D eigenvalue weighted by molar-refractivity contribution is 6.34. The van der Waals surface area contributed by atoms with Gasteiger partial charge in [-0.2, -0.15) is 0 Å². The minimum absolute atomic E-state index is 0.0398. The van der Waals surface area contributed by atoms with Gasteiger partial charge in [0.25, 0.3) is 0 Å². The average Bonchev–Trinajstić information content (AvgIpc) is 2.46. The van der Waals surface area contributed by atoms with Gasteiger partial charge in [0.05, 0.1) is 19.8 Å². The van der Waals surface area contributed by atoms with Gasteiger partial charge in [-0.25, -0.2) is 0 Å². The number of carbonyl (C=O) groups is 1. The maximum absolute atomic E-state index is 12.5. The first kappa shape index (κ1) is 15.4.